The van der Waals surface area contributed by atoms with Gasteiger partial charge in [0.2, 0.25) is 0 Å². The molecule has 12 nitrogen and oxygen atoms in total. The lowest BCUT2D eigenvalue weighted by molar-refractivity contribution is 0.0199. The van der Waals surface area contributed by atoms with E-state index in [2.05, 4.69) is 24.8 Å². The number of fused-ring (bicyclic) bond motifs is 1. The number of alkyl halides is 1. The summed E-state index contributed by atoms with van der Waals surface area (Å²) in [6.45, 7) is -1.42. The highest BCUT2D eigenvalue weighted by Crippen LogP contribution is 2.47. The maximum absolute atomic E-state index is 14.9. The smallest absolute Gasteiger partial charge is 0.370 e. The Bertz CT molecular complexity index is 1130. The summed E-state index contributed by atoms with van der Waals surface area (Å²) in [6.07, 6.45) is -2.15. The molecule has 2 aromatic heterocycles. The van der Waals surface area contributed by atoms with Gasteiger partial charge in [-0.05, 0) is 12.1 Å². The molecule has 4 atom stereocenters. The first-order valence-corrected chi connectivity index (χ1v) is 10.5. The van der Waals surface area contributed by atoms with E-state index in [9.17, 15) is 18.6 Å². The van der Waals surface area contributed by atoms with E-state index >= 15 is 0 Å². The summed E-state index contributed by atoms with van der Waals surface area (Å²) < 4.78 is 42.0. The van der Waals surface area contributed by atoms with Gasteiger partial charge in [-0.2, -0.15) is 0 Å². The van der Waals surface area contributed by atoms with Crippen molar-refractivity contribution < 1.29 is 37.5 Å². The molecule has 3 N–H and O–H groups in total. The third kappa shape index (κ3) is 4.46. The van der Waals surface area contributed by atoms with Gasteiger partial charge in [0.25, 0.3) is 5.91 Å². The predicted molar refractivity (Wildman–Crippen MR) is 102 cm³/mol. The van der Waals surface area contributed by atoms with Gasteiger partial charge in [0.05, 0.1) is 12.9 Å². The molecule has 3 heterocycles. The first kappa shape index (κ1) is 21.4. The van der Waals surface area contributed by atoms with Gasteiger partial charge in [0, 0.05) is 5.56 Å². The zero-order valence-corrected chi connectivity index (χ0v) is 16.6. The molecule has 0 radical (unpaired) electrons. The Balaban J connectivity index is 1.55. The molecule has 1 aromatic carbocycles. The van der Waals surface area contributed by atoms with Crippen molar-refractivity contribution in [3.63, 3.8) is 0 Å². The summed E-state index contributed by atoms with van der Waals surface area (Å²) >= 11 is 0. The van der Waals surface area contributed by atoms with Crippen LogP contribution in [0.1, 0.15) is 16.6 Å². The van der Waals surface area contributed by atoms with Crippen LogP contribution < -0.4 is 5.32 Å². The number of ether oxygens (including phenoxy) is 1. The minimum absolute atomic E-state index is 0.120. The topological polar surface area (TPSA) is 158 Å². The monoisotopic (exact) mass is 453 g/mol. The Labute approximate surface area is 174 Å². The number of phosphoric acid groups is 1. The number of nitrogens with zero attached hydrogens (tertiary/aromatic N) is 4. The molecule has 14 heteroatoms. The Kier molecular flexibility index (Phi) is 6.05. The highest BCUT2D eigenvalue weighted by molar-refractivity contribution is 7.47. The maximum Gasteiger partial charge on any atom is 0.474 e. The van der Waals surface area contributed by atoms with Gasteiger partial charge in [-0.15, -0.1) is 0 Å². The quantitative estimate of drug-likeness (QED) is 0.353. The zero-order valence-electron chi connectivity index (χ0n) is 15.7. The van der Waals surface area contributed by atoms with Crippen LogP contribution in [0.2, 0.25) is 0 Å². The summed E-state index contributed by atoms with van der Waals surface area (Å²) in [7, 11) is -4.65. The lowest BCUT2D eigenvalue weighted by atomic mass is 10.2. The van der Waals surface area contributed by atoms with E-state index in [0.29, 0.717) is 5.56 Å². The molecule has 31 heavy (non-hydrogen) atoms. The second kappa shape index (κ2) is 8.75. The lowest BCUT2D eigenvalue weighted by Gasteiger charge is -2.18. The average Bonchev–Trinajstić information content (AvgIpc) is 3.32. The molecule has 0 spiro atoms. The Morgan fingerprint density at radius 2 is 2.10 bits per heavy atom. The van der Waals surface area contributed by atoms with E-state index in [1.165, 1.54) is 17.2 Å². The molecule has 1 amide bonds. The third-order valence-electron chi connectivity index (χ3n) is 4.45. The van der Waals surface area contributed by atoms with Gasteiger partial charge in [-0.1, -0.05) is 18.2 Å². The van der Waals surface area contributed by atoms with Crippen LogP contribution in [0.15, 0.2) is 43.0 Å². The number of hydrogen-bond donors (Lipinski definition) is 3. The van der Waals surface area contributed by atoms with Crippen molar-refractivity contribution in [1.29, 1.82) is 0 Å². The number of hydrogen-bond acceptors (Lipinski definition) is 9. The fourth-order valence-electron chi connectivity index (χ4n) is 3.06. The molecule has 2 unspecified atom stereocenters. The number of benzene rings is 1. The number of aromatic nitrogens is 4. The summed E-state index contributed by atoms with van der Waals surface area (Å²) in [6, 6.07) is 8.47. The van der Waals surface area contributed by atoms with Crippen molar-refractivity contribution in [2.24, 2.45) is 0 Å². The minimum Gasteiger partial charge on any atom is -0.370 e. The van der Waals surface area contributed by atoms with Gasteiger partial charge in [-0.3, -0.25) is 18.4 Å². The molecule has 1 fully saturated rings. The van der Waals surface area contributed by atoms with Crippen LogP contribution in [0.4, 0.5) is 10.2 Å². The molecular formula is C17H17FN5O7P. The van der Waals surface area contributed by atoms with E-state index < -0.39 is 39.0 Å². The molecule has 1 aliphatic rings. The normalized spacial score (nSPS) is 23.0. The van der Waals surface area contributed by atoms with E-state index in [1.807, 2.05) is 0 Å². The lowest BCUT2D eigenvalue weighted by Crippen LogP contribution is -2.26. The van der Waals surface area contributed by atoms with E-state index in [1.54, 1.807) is 30.3 Å². The van der Waals surface area contributed by atoms with Crippen LogP contribution in [0, 0.1) is 0 Å². The first-order valence-electron chi connectivity index (χ1n) is 8.96. The number of nitrogens with one attached hydrogen (secondary N) is 1. The summed E-state index contributed by atoms with van der Waals surface area (Å²) in [5, 5.41) is 11.2. The van der Waals surface area contributed by atoms with E-state index in [0.717, 1.165) is 0 Å². The van der Waals surface area contributed by atoms with Gasteiger partial charge < -0.3 is 20.1 Å². The van der Waals surface area contributed by atoms with Crippen LogP contribution in [-0.2, 0) is 18.3 Å². The summed E-state index contributed by atoms with van der Waals surface area (Å²) in [4.78, 5) is 34.1. The van der Waals surface area contributed by atoms with E-state index in [-0.39, 0.29) is 23.6 Å². The second-order valence-corrected chi connectivity index (χ2v) is 7.81. The molecule has 0 aliphatic carbocycles. The van der Waals surface area contributed by atoms with Crippen LogP contribution in [0.3, 0.4) is 0 Å². The molecule has 0 saturated carbocycles. The van der Waals surface area contributed by atoms with E-state index in [4.69, 9.17) is 14.4 Å². The molecule has 1 aliphatic heterocycles. The second-order valence-electron chi connectivity index (χ2n) is 6.41. The van der Waals surface area contributed by atoms with Crippen molar-refractivity contribution in [1.82, 2.24) is 19.5 Å². The van der Waals surface area contributed by atoms with Crippen molar-refractivity contribution in [2.75, 3.05) is 18.7 Å². The minimum atomic E-state index is -4.65. The van der Waals surface area contributed by atoms with Crippen molar-refractivity contribution in [3.05, 3.63) is 48.5 Å². The largest absolute Gasteiger partial charge is 0.474 e. The van der Waals surface area contributed by atoms with Crippen LogP contribution in [0.5, 0.6) is 0 Å². The number of anilines is 1. The standard InChI is InChI=1S/C17H17FN5O7P/c18-12-11(30-31(26,27)29-9-24)6-28-17(12)23-8-21-13-14(19-7-20-15(13)23)22-16(25)10-4-2-1-3-5-10/h1-5,7-8,11-12,17,24H,6,9H2,(H,26,27)(H,19,20,22,25)/t11?,12-,17-/m1/s1. The Morgan fingerprint density at radius 1 is 1.32 bits per heavy atom. The van der Waals surface area contributed by atoms with Gasteiger partial charge in [0.1, 0.15) is 12.4 Å². The van der Waals surface area contributed by atoms with Gasteiger partial charge in [0.15, 0.2) is 36.2 Å². The first-order chi connectivity index (χ1) is 14.9. The van der Waals surface area contributed by atoms with Crippen molar-refractivity contribution in [3.8, 4) is 0 Å². The molecule has 3 aromatic rings. The number of aliphatic hydroxyl groups excluding tert-OH is 1. The van der Waals surface area contributed by atoms with Crippen LogP contribution in [0.25, 0.3) is 11.2 Å². The number of rotatable bonds is 7. The van der Waals surface area contributed by atoms with Crippen molar-refractivity contribution in [2.45, 2.75) is 18.5 Å². The summed E-state index contributed by atoms with van der Waals surface area (Å²) in [5.74, 6) is -0.290. The number of phosphoric ester groups is 1. The fraction of sp³-hybridized carbons (Fsp3) is 0.294. The Hall–Kier alpha value is -2.80. The van der Waals surface area contributed by atoms with Crippen molar-refractivity contribution >= 4 is 30.7 Å². The number of amides is 1. The molecule has 0 bridgehead atoms. The molecule has 4 rings (SSSR count). The van der Waals surface area contributed by atoms with Crippen LogP contribution >= 0.6 is 7.82 Å². The van der Waals surface area contributed by atoms with Gasteiger partial charge >= 0.3 is 7.82 Å². The summed E-state index contributed by atoms with van der Waals surface area (Å²) in [5.41, 5.74) is 0.781. The SMILES string of the molecule is O=C(Nc1ncnc2c1ncn2[C@@H]1OCC(OP(=O)(O)OCO)[C@H]1F)c1ccccc1. The average molecular weight is 453 g/mol. The molecule has 164 valence electrons. The zero-order chi connectivity index (χ0) is 22.0. The Morgan fingerprint density at radius 3 is 2.84 bits per heavy atom. The maximum atomic E-state index is 14.9. The molecule has 1 saturated heterocycles. The number of aliphatic hydroxyl groups is 1. The fourth-order valence-corrected chi connectivity index (χ4v) is 3.78. The number of imidazole rings is 1. The molecular weight excluding hydrogens is 436 g/mol. The highest BCUT2D eigenvalue weighted by Gasteiger charge is 2.44. The van der Waals surface area contributed by atoms with Gasteiger partial charge in [-0.25, -0.2) is 23.9 Å². The highest BCUT2D eigenvalue weighted by atomic mass is 31.2. The number of carbonyl (C=O) groups is 1. The third-order valence-corrected chi connectivity index (χ3v) is 5.43. The predicted octanol–water partition coefficient (Wildman–Crippen LogP) is 1.40. The van der Waals surface area contributed by atoms with Crippen LogP contribution in [-0.4, -0.2) is 61.1 Å². The number of carbonyl (C=O) groups excluding carboxylic acids is 1. The number of halogens is 1.